The van der Waals surface area contributed by atoms with Crippen LogP contribution in [0.2, 0.25) is 0 Å². The van der Waals surface area contributed by atoms with Crippen molar-refractivity contribution in [3.05, 3.63) is 173 Å². The van der Waals surface area contributed by atoms with E-state index in [1.807, 2.05) is 0 Å². The van der Waals surface area contributed by atoms with Gasteiger partial charge in [0.15, 0.2) is 0 Å². The van der Waals surface area contributed by atoms with Gasteiger partial charge in [-0.2, -0.15) is 0 Å². The van der Waals surface area contributed by atoms with Crippen molar-refractivity contribution in [1.29, 1.82) is 0 Å². The molecule has 0 atom stereocenters. The van der Waals surface area contributed by atoms with Crippen LogP contribution in [-0.4, -0.2) is 30.6 Å². The van der Waals surface area contributed by atoms with Crippen LogP contribution in [0.3, 0.4) is 0 Å². The van der Waals surface area contributed by atoms with Crippen molar-refractivity contribution in [2.75, 3.05) is 0 Å². The predicted molar refractivity (Wildman–Crippen MR) is 408 cm³/mol. The Morgan fingerprint density at radius 3 is 0.385 bits per heavy atom. The van der Waals surface area contributed by atoms with Crippen molar-refractivity contribution < 1.29 is 30.6 Å². The van der Waals surface area contributed by atoms with Crippen LogP contribution in [-0.2, 0) is 77.0 Å². The molecule has 0 aliphatic heterocycles. The third-order valence-electron chi connectivity index (χ3n) is 21.2. The molecular formula is C90H132O6. The van der Waals surface area contributed by atoms with Crippen LogP contribution < -0.4 is 0 Å². The van der Waals surface area contributed by atoms with Gasteiger partial charge < -0.3 is 30.6 Å². The zero-order valence-electron chi connectivity index (χ0n) is 61.6. The number of phenols is 6. The maximum atomic E-state index is 12.9. The van der Waals surface area contributed by atoms with Gasteiger partial charge in [0.05, 0.1) is 0 Å². The van der Waals surface area contributed by atoms with Gasteiger partial charge >= 0.3 is 0 Å². The summed E-state index contributed by atoms with van der Waals surface area (Å²) in [5, 5.41) is 77.3. The van der Waals surface area contributed by atoms with Crippen molar-refractivity contribution >= 4 is 0 Å². The van der Waals surface area contributed by atoms with E-state index in [1.54, 1.807) is 0 Å². The Morgan fingerprint density at radius 1 is 0.167 bits per heavy atom. The van der Waals surface area contributed by atoms with Gasteiger partial charge in [0.2, 0.25) is 0 Å². The van der Waals surface area contributed by atoms with Crippen LogP contribution in [0, 0.1) is 0 Å². The summed E-state index contributed by atoms with van der Waals surface area (Å²) in [5.74, 6) is 1.23. The van der Waals surface area contributed by atoms with E-state index in [-0.39, 0.29) is 34.5 Å². The SMILES string of the molecule is CCCCCCCCc1cc2c(O)c(c1)Cc1cc(CCCCCCCC)cc(c1O)Cc1cc(CCCCCCCC)cc(c1O)Cc1cc(CCCCCCCC)cc(c1O)Cc1cc(CCCCCCCC)cc(c1O)Cc1cc(CCCCCCCC)cc(c1O)C2. The molecule has 96 heavy (non-hydrogen) atoms. The Balaban J connectivity index is 1.45. The van der Waals surface area contributed by atoms with Crippen LogP contribution in [0.5, 0.6) is 34.5 Å². The van der Waals surface area contributed by atoms with E-state index in [9.17, 15) is 30.6 Å². The van der Waals surface area contributed by atoms with Crippen LogP contribution in [0.4, 0.5) is 0 Å². The molecule has 6 N–H and O–H groups in total. The molecule has 0 aromatic heterocycles. The maximum absolute atomic E-state index is 12.9. The lowest BCUT2D eigenvalue weighted by atomic mass is 9.87. The van der Waals surface area contributed by atoms with Crippen LogP contribution in [0.25, 0.3) is 0 Å². The lowest BCUT2D eigenvalue weighted by Gasteiger charge is -2.20. The average molecular weight is 1310 g/mol. The molecule has 0 heterocycles. The summed E-state index contributed by atoms with van der Waals surface area (Å²) in [6.07, 6.45) is 49.5. The highest BCUT2D eigenvalue weighted by Gasteiger charge is 2.24. The molecule has 12 bridgehead atoms. The molecule has 6 aromatic carbocycles. The van der Waals surface area contributed by atoms with E-state index in [1.165, 1.54) is 154 Å². The fourth-order valence-corrected chi connectivity index (χ4v) is 15.4. The van der Waals surface area contributed by atoms with E-state index in [2.05, 4.69) is 114 Å². The number of aromatic hydroxyl groups is 6. The van der Waals surface area contributed by atoms with E-state index in [0.29, 0.717) is 38.5 Å². The van der Waals surface area contributed by atoms with Crippen LogP contribution >= 0.6 is 0 Å². The second-order valence-corrected chi connectivity index (χ2v) is 29.7. The molecule has 1 aliphatic rings. The highest BCUT2D eigenvalue weighted by atomic mass is 16.3. The first-order valence-corrected chi connectivity index (χ1v) is 39.9. The van der Waals surface area contributed by atoms with E-state index < -0.39 is 0 Å². The Kier molecular flexibility index (Phi) is 35.1. The lowest BCUT2D eigenvalue weighted by molar-refractivity contribution is 0.450. The minimum Gasteiger partial charge on any atom is -0.507 e. The molecule has 6 heteroatoms. The Bertz CT molecular complexity index is 2540. The zero-order chi connectivity index (χ0) is 68.3. The molecule has 0 saturated carbocycles. The number of hydrogen-bond donors (Lipinski definition) is 6. The first-order valence-electron chi connectivity index (χ1n) is 39.9. The van der Waals surface area contributed by atoms with E-state index in [4.69, 9.17) is 0 Å². The first kappa shape index (κ1) is 77.5. The van der Waals surface area contributed by atoms with Gasteiger partial charge in [-0.25, -0.2) is 0 Å². The van der Waals surface area contributed by atoms with Gasteiger partial charge in [0.1, 0.15) is 34.5 Å². The topological polar surface area (TPSA) is 121 Å². The summed E-state index contributed by atoms with van der Waals surface area (Å²) in [4.78, 5) is 0. The summed E-state index contributed by atoms with van der Waals surface area (Å²) >= 11 is 0. The molecule has 0 unspecified atom stereocenters. The molecule has 0 amide bonds. The Labute approximate surface area is 584 Å². The summed E-state index contributed by atoms with van der Waals surface area (Å²) in [6.45, 7) is 13.6. The predicted octanol–water partition coefficient (Wildman–Crippen LogP) is 25.2. The first-order chi connectivity index (χ1) is 46.9. The number of phenolic OH excluding ortho intramolecular Hbond substituents is 6. The third kappa shape index (κ3) is 25.4. The summed E-state index contributed by atoms with van der Waals surface area (Å²) in [5.41, 5.74) is 16.2. The van der Waals surface area contributed by atoms with Gasteiger partial charge in [-0.05, 0) is 177 Å². The third-order valence-corrected chi connectivity index (χ3v) is 21.2. The maximum Gasteiger partial charge on any atom is 0.122 e. The quantitative estimate of drug-likeness (QED) is 0.0212. The number of unbranched alkanes of at least 4 members (excludes halogenated alkanes) is 30. The van der Waals surface area contributed by atoms with Crippen molar-refractivity contribution in [3.63, 3.8) is 0 Å². The molecule has 0 spiro atoms. The fraction of sp³-hybridized carbons (Fsp3) is 0.600. The minimum atomic E-state index is 0.205. The highest BCUT2D eigenvalue weighted by molar-refractivity contribution is 5.59. The molecule has 7 rings (SSSR count). The van der Waals surface area contributed by atoms with E-state index in [0.717, 1.165) is 216 Å². The Morgan fingerprint density at radius 2 is 0.271 bits per heavy atom. The summed E-state index contributed by atoms with van der Waals surface area (Å²) < 4.78 is 0. The summed E-state index contributed by atoms with van der Waals surface area (Å²) in [6, 6.07) is 26.2. The smallest absolute Gasteiger partial charge is 0.122 e. The highest BCUT2D eigenvalue weighted by Crippen LogP contribution is 2.42. The van der Waals surface area contributed by atoms with Crippen molar-refractivity contribution in [1.82, 2.24) is 0 Å². The van der Waals surface area contributed by atoms with Crippen molar-refractivity contribution in [3.8, 4) is 34.5 Å². The molecule has 0 fully saturated rings. The number of aryl methyl sites for hydroxylation is 6. The standard InChI is InChI=1S/C90H132O6/c1-7-13-19-25-31-37-43-67-49-73-61-75-51-68(44-38-32-26-20-14-8-2)53-77(86(75)92)63-79-55-70(46-40-34-28-22-16-10-4)57-81(88(79)94)65-83-59-72(48-42-36-30-24-18-12-6)60-84(90(83)96)66-82-58-71(47-41-35-29-23-17-11-5)56-80(89(82)95)64-78-54-69(45-39-33-27-21-15-9-3)52-76(87(78)93)62-74(50-67)85(73)91/h49-60,91-96H,7-48,61-66H2,1-6H3. The van der Waals surface area contributed by atoms with Crippen molar-refractivity contribution in [2.24, 2.45) is 0 Å². The summed E-state index contributed by atoms with van der Waals surface area (Å²) in [7, 11) is 0. The van der Waals surface area contributed by atoms with Crippen LogP contribution in [0.1, 0.15) is 373 Å². The van der Waals surface area contributed by atoms with Crippen LogP contribution in [0.15, 0.2) is 72.8 Å². The molecule has 6 aromatic rings. The van der Waals surface area contributed by atoms with Crippen molar-refractivity contribution in [2.45, 2.75) is 350 Å². The largest absolute Gasteiger partial charge is 0.507 e. The monoisotopic (exact) mass is 1310 g/mol. The number of benzene rings is 6. The minimum absolute atomic E-state index is 0.205. The molecule has 0 radical (unpaired) electrons. The average Bonchev–Trinajstić information content (AvgIpc) is 1.22. The van der Waals surface area contributed by atoms with Gasteiger partial charge in [-0.1, -0.05) is 307 Å². The molecule has 1 aliphatic carbocycles. The van der Waals surface area contributed by atoms with Gasteiger partial charge in [0, 0.05) is 38.5 Å². The molecule has 0 saturated heterocycles. The fourth-order valence-electron chi connectivity index (χ4n) is 15.4. The molecular weight excluding hydrogens is 1180 g/mol. The second-order valence-electron chi connectivity index (χ2n) is 29.7. The Hall–Kier alpha value is -5.88. The number of fused-ring (bicyclic) bond motifs is 12. The second kappa shape index (κ2) is 43.5. The molecule has 528 valence electrons. The van der Waals surface area contributed by atoms with Gasteiger partial charge in [-0.15, -0.1) is 0 Å². The molecule has 6 nitrogen and oxygen atoms in total. The number of rotatable bonds is 42. The lowest BCUT2D eigenvalue weighted by Crippen LogP contribution is -2.05. The van der Waals surface area contributed by atoms with Gasteiger partial charge in [0.25, 0.3) is 0 Å². The zero-order valence-corrected chi connectivity index (χ0v) is 61.6. The normalized spacial score (nSPS) is 12.6. The van der Waals surface area contributed by atoms with E-state index >= 15 is 0 Å². The van der Waals surface area contributed by atoms with Gasteiger partial charge in [-0.3, -0.25) is 0 Å². The number of hydrogen-bond acceptors (Lipinski definition) is 6.